The summed E-state index contributed by atoms with van der Waals surface area (Å²) in [6, 6.07) is 1.33. The highest BCUT2D eigenvalue weighted by Gasteiger charge is 2.29. The fourth-order valence-corrected chi connectivity index (χ4v) is 0.679. The smallest absolute Gasteiger partial charge is 0.384 e. The first kappa shape index (κ1) is 8.76. The highest BCUT2D eigenvalue weighted by Crippen LogP contribution is 2.19. The molecule has 1 aromatic heterocycles. The van der Waals surface area contributed by atoms with Crippen molar-refractivity contribution in [1.29, 1.82) is 0 Å². The Morgan fingerprint density at radius 3 is 2.58 bits per heavy atom. The van der Waals surface area contributed by atoms with Gasteiger partial charge >= 0.3 is 6.18 Å². The van der Waals surface area contributed by atoms with E-state index in [0.29, 0.717) is 0 Å². The van der Waals surface area contributed by atoms with Gasteiger partial charge in [-0.15, -0.1) is 0 Å². The van der Waals surface area contributed by atoms with Crippen LogP contribution in [-0.2, 0) is 6.42 Å². The molecule has 0 unspecified atom stereocenters. The van der Waals surface area contributed by atoms with Crippen LogP contribution in [0.1, 0.15) is 5.82 Å². The van der Waals surface area contributed by atoms with Crippen molar-refractivity contribution < 1.29 is 13.2 Å². The first-order valence-corrected chi connectivity index (χ1v) is 3.11. The second kappa shape index (κ2) is 2.96. The van der Waals surface area contributed by atoms with E-state index in [4.69, 9.17) is 5.73 Å². The van der Waals surface area contributed by atoms with Crippen molar-refractivity contribution in [3.8, 4) is 0 Å². The fourth-order valence-electron chi connectivity index (χ4n) is 0.679. The Hall–Kier alpha value is -1.33. The Morgan fingerprint density at radius 1 is 1.42 bits per heavy atom. The van der Waals surface area contributed by atoms with Gasteiger partial charge in [-0.3, -0.25) is 0 Å². The van der Waals surface area contributed by atoms with Gasteiger partial charge in [-0.1, -0.05) is 0 Å². The Labute approximate surface area is 66.4 Å². The molecule has 3 nitrogen and oxygen atoms in total. The number of aromatic nitrogens is 2. The first-order chi connectivity index (χ1) is 5.47. The monoisotopic (exact) mass is 177 g/mol. The summed E-state index contributed by atoms with van der Waals surface area (Å²) in [6.07, 6.45) is -4.23. The summed E-state index contributed by atoms with van der Waals surface area (Å²) in [7, 11) is 0. The molecule has 0 saturated carbocycles. The minimum atomic E-state index is -4.28. The molecule has 2 N–H and O–H groups in total. The van der Waals surface area contributed by atoms with Crippen LogP contribution in [0.2, 0.25) is 0 Å². The summed E-state index contributed by atoms with van der Waals surface area (Å²) in [5, 5.41) is 0. The van der Waals surface area contributed by atoms with Crippen molar-refractivity contribution in [1.82, 2.24) is 9.97 Å². The van der Waals surface area contributed by atoms with E-state index >= 15 is 0 Å². The van der Waals surface area contributed by atoms with Crippen LogP contribution < -0.4 is 5.73 Å². The standard InChI is InChI=1S/C6H6F3N3/c7-6(8,9)3-5-11-2-1-4(10)12-5/h1-2H,3H2,(H2,10,11,12). The summed E-state index contributed by atoms with van der Waals surface area (Å²) in [5.41, 5.74) is 5.16. The molecule has 0 aromatic carbocycles. The van der Waals surface area contributed by atoms with Gasteiger partial charge in [0, 0.05) is 6.20 Å². The van der Waals surface area contributed by atoms with Crippen LogP contribution in [0.4, 0.5) is 19.0 Å². The molecular weight excluding hydrogens is 171 g/mol. The Bertz CT molecular complexity index is 271. The van der Waals surface area contributed by atoms with E-state index in [1.807, 2.05) is 0 Å². The number of hydrogen-bond donors (Lipinski definition) is 1. The van der Waals surface area contributed by atoms with Crippen molar-refractivity contribution in [2.24, 2.45) is 0 Å². The minimum absolute atomic E-state index is 0.0456. The van der Waals surface area contributed by atoms with Crippen molar-refractivity contribution in [3.63, 3.8) is 0 Å². The van der Waals surface area contributed by atoms with Crippen LogP contribution >= 0.6 is 0 Å². The predicted octanol–water partition coefficient (Wildman–Crippen LogP) is 1.16. The van der Waals surface area contributed by atoms with E-state index in [-0.39, 0.29) is 11.6 Å². The maximum Gasteiger partial charge on any atom is 0.396 e. The van der Waals surface area contributed by atoms with E-state index in [1.165, 1.54) is 12.3 Å². The summed E-state index contributed by atoms with van der Waals surface area (Å²) < 4.78 is 35.3. The third-order valence-corrected chi connectivity index (χ3v) is 1.09. The van der Waals surface area contributed by atoms with E-state index in [1.54, 1.807) is 0 Å². The van der Waals surface area contributed by atoms with E-state index in [9.17, 15) is 13.2 Å². The summed E-state index contributed by atoms with van der Waals surface area (Å²) in [6.45, 7) is 0. The molecule has 0 aliphatic carbocycles. The van der Waals surface area contributed by atoms with Gasteiger partial charge in [0.15, 0.2) is 0 Å². The van der Waals surface area contributed by atoms with Gasteiger partial charge in [0.2, 0.25) is 0 Å². The summed E-state index contributed by atoms with van der Waals surface area (Å²) >= 11 is 0. The second-order valence-electron chi connectivity index (χ2n) is 2.19. The maximum atomic E-state index is 11.8. The molecule has 0 atom stereocenters. The zero-order valence-corrected chi connectivity index (χ0v) is 5.97. The fraction of sp³-hybridized carbons (Fsp3) is 0.333. The average Bonchev–Trinajstić information content (AvgIpc) is 1.82. The van der Waals surface area contributed by atoms with Gasteiger partial charge in [-0.25, -0.2) is 9.97 Å². The Kier molecular flexibility index (Phi) is 2.16. The molecule has 1 heterocycles. The van der Waals surface area contributed by atoms with Gasteiger partial charge in [0.1, 0.15) is 18.1 Å². The number of nitrogen functional groups attached to an aromatic ring is 1. The average molecular weight is 177 g/mol. The van der Waals surface area contributed by atoms with E-state index in [0.717, 1.165) is 0 Å². The van der Waals surface area contributed by atoms with E-state index < -0.39 is 12.6 Å². The SMILES string of the molecule is Nc1ccnc(CC(F)(F)F)n1. The third kappa shape index (κ3) is 2.73. The van der Waals surface area contributed by atoms with E-state index in [2.05, 4.69) is 9.97 Å². The molecular formula is C6H6F3N3. The minimum Gasteiger partial charge on any atom is -0.384 e. The maximum absolute atomic E-state index is 11.8. The Balaban J connectivity index is 2.77. The van der Waals surface area contributed by atoms with Crippen LogP contribution in [0.3, 0.4) is 0 Å². The molecule has 12 heavy (non-hydrogen) atoms. The van der Waals surface area contributed by atoms with Crippen molar-refractivity contribution in [3.05, 3.63) is 18.1 Å². The lowest BCUT2D eigenvalue weighted by atomic mass is 10.4. The number of alkyl halides is 3. The number of nitrogens with zero attached hydrogens (tertiary/aromatic N) is 2. The number of hydrogen-bond acceptors (Lipinski definition) is 3. The molecule has 6 heteroatoms. The van der Waals surface area contributed by atoms with Crippen LogP contribution in [0, 0.1) is 0 Å². The number of rotatable bonds is 1. The quantitative estimate of drug-likeness (QED) is 0.700. The first-order valence-electron chi connectivity index (χ1n) is 3.11. The normalized spacial score (nSPS) is 11.6. The predicted molar refractivity (Wildman–Crippen MR) is 36.2 cm³/mol. The molecule has 1 aromatic rings. The topological polar surface area (TPSA) is 51.8 Å². The summed E-state index contributed by atoms with van der Waals surface area (Å²) in [5.74, 6) is -0.258. The third-order valence-electron chi connectivity index (χ3n) is 1.09. The molecule has 0 fully saturated rings. The summed E-state index contributed by atoms with van der Waals surface area (Å²) in [4.78, 5) is 6.82. The Morgan fingerprint density at radius 2 is 2.08 bits per heavy atom. The molecule has 0 aliphatic rings. The van der Waals surface area contributed by atoms with Gasteiger partial charge in [0.05, 0.1) is 0 Å². The lowest BCUT2D eigenvalue weighted by Gasteiger charge is -2.04. The number of anilines is 1. The van der Waals surface area contributed by atoms with Crippen molar-refractivity contribution in [2.45, 2.75) is 12.6 Å². The van der Waals surface area contributed by atoms with Gasteiger partial charge in [-0.05, 0) is 6.07 Å². The van der Waals surface area contributed by atoms with Crippen LogP contribution in [0.25, 0.3) is 0 Å². The molecule has 66 valence electrons. The molecule has 0 amide bonds. The number of nitrogens with two attached hydrogens (primary N) is 1. The van der Waals surface area contributed by atoms with Crippen LogP contribution in [0.5, 0.6) is 0 Å². The number of halogens is 3. The van der Waals surface area contributed by atoms with Gasteiger partial charge in [-0.2, -0.15) is 13.2 Å². The van der Waals surface area contributed by atoms with Gasteiger partial charge in [0.25, 0.3) is 0 Å². The highest BCUT2D eigenvalue weighted by atomic mass is 19.4. The molecule has 0 bridgehead atoms. The lowest BCUT2D eigenvalue weighted by Crippen LogP contribution is -2.14. The highest BCUT2D eigenvalue weighted by molar-refractivity contribution is 5.25. The molecule has 0 radical (unpaired) electrons. The molecule has 1 rings (SSSR count). The van der Waals surface area contributed by atoms with Crippen molar-refractivity contribution >= 4 is 5.82 Å². The second-order valence-corrected chi connectivity index (χ2v) is 2.19. The van der Waals surface area contributed by atoms with Crippen LogP contribution in [0.15, 0.2) is 12.3 Å². The van der Waals surface area contributed by atoms with Crippen LogP contribution in [-0.4, -0.2) is 16.1 Å². The molecule has 0 aliphatic heterocycles. The van der Waals surface area contributed by atoms with Crippen molar-refractivity contribution in [2.75, 3.05) is 5.73 Å². The lowest BCUT2D eigenvalue weighted by molar-refractivity contribution is -0.128. The van der Waals surface area contributed by atoms with Gasteiger partial charge < -0.3 is 5.73 Å². The largest absolute Gasteiger partial charge is 0.396 e. The molecule has 0 spiro atoms. The molecule has 0 saturated heterocycles. The zero-order chi connectivity index (χ0) is 9.19. The zero-order valence-electron chi connectivity index (χ0n) is 5.97.